The lowest BCUT2D eigenvalue weighted by molar-refractivity contribution is -0.274. The van der Waals surface area contributed by atoms with Crippen molar-refractivity contribution >= 4 is 16.8 Å². The van der Waals surface area contributed by atoms with Crippen LogP contribution in [-0.4, -0.2) is 21.9 Å². The molecular formula is C20H15F4N3O3. The van der Waals surface area contributed by atoms with E-state index in [4.69, 9.17) is 0 Å². The summed E-state index contributed by atoms with van der Waals surface area (Å²) in [5.74, 6) is -1.24. The first-order valence-electron chi connectivity index (χ1n) is 9.06. The molecule has 1 aromatic heterocycles. The molecule has 0 radical (unpaired) electrons. The lowest BCUT2D eigenvalue weighted by Crippen LogP contribution is -2.37. The van der Waals surface area contributed by atoms with Crippen molar-refractivity contribution < 1.29 is 27.1 Å². The van der Waals surface area contributed by atoms with Gasteiger partial charge in [-0.15, -0.1) is 13.2 Å². The Bertz CT molecular complexity index is 1170. The van der Waals surface area contributed by atoms with Gasteiger partial charge in [0.15, 0.2) is 0 Å². The van der Waals surface area contributed by atoms with Crippen molar-refractivity contribution in [1.29, 1.82) is 0 Å². The van der Waals surface area contributed by atoms with E-state index in [1.807, 2.05) is 0 Å². The van der Waals surface area contributed by atoms with Crippen molar-refractivity contribution in [1.82, 2.24) is 9.66 Å². The molecule has 0 bridgehead atoms. The Morgan fingerprint density at radius 1 is 1.17 bits per heavy atom. The monoisotopic (exact) mass is 421 g/mol. The van der Waals surface area contributed by atoms with Gasteiger partial charge >= 0.3 is 6.36 Å². The zero-order chi connectivity index (χ0) is 21.5. The third kappa shape index (κ3) is 4.42. The number of carbonyl (C=O) groups is 1. The fourth-order valence-corrected chi connectivity index (χ4v) is 3.06. The van der Waals surface area contributed by atoms with Crippen LogP contribution in [0.4, 0.5) is 17.6 Å². The van der Waals surface area contributed by atoms with Crippen molar-refractivity contribution in [2.45, 2.75) is 31.5 Å². The molecule has 0 atom stereocenters. The van der Waals surface area contributed by atoms with Gasteiger partial charge in [-0.05, 0) is 42.7 Å². The Morgan fingerprint density at radius 2 is 1.87 bits per heavy atom. The highest BCUT2D eigenvalue weighted by molar-refractivity contribution is 5.86. The van der Waals surface area contributed by atoms with Crippen LogP contribution in [0.5, 0.6) is 5.75 Å². The number of hydrogen-bond donors (Lipinski definition) is 1. The maximum absolute atomic E-state index is 13.0. The number of aromatic nitrogens is 2. The minimum Gasteiger partial charge on any atom is -0.406 e. The molecule has 3 aromatic rings. The predicted molar refractivity (Wildman–Crippen MR) is 99.1 cm³/mol. The van der Waals surface area contributed by atoms with Gasteiger partial charge in [0.25, 0.3) is 5.56 Å². The van der Waals surface area contributed by atoms with Crippen molar-refractivity contribution in [2.24, 2.45) is 0 Å². The number of halogens is 4. The molecule has 0 spiro atoms. The Kier molecular flexibility index (Phi) is 4.92. The molecule has 1 amide bonds. The van der Waals surface area contributed by atoms with Gasteiger partial charge in [0, 0.05) is 12.0 Å². The molecule has 1 aliphatic carbocycles. The van der Waals surface area contributed by atoms with E-state index in [-0.39, 0.29) is 29.1 Å². The van der Waals surface area contributed by atoms with Crippen molar-refractivity contribution in [3.8, 4) is 5.75 Å². The number of amides is 1. The first-order chi connectivity index (χ1) is 14.2. The average Bonchev–Trinajstić information content (AvgIpc) is 3.49. The zero-order valence-corrected chi connectivity index (χ0v) is 15.4. The van der Waals surface area contributed by atoms with Crippen LogP contribution in [0.1, 0.15) is 30.1 Å². The van der Waals surface area contributed by atoms with Crippen LogP contribution < -0.4 is 15.7 Å². The minimum absolute atomic E-state index is 0.0380. The predicted octanol–water partition coefficient (Wildman–Crippen LogP) is 3.62. The number of nitrogens with zero attached hydrogens (tertiary/aromatic N) is 2. The highest BCUT2D eigenvalue weighted by Gasteiger charge is 2.32. The van der Waals surface area contributed by atoms with Gasteiger partial charge in [-0.1, -0.05) is 12.1 Å². The van der Waals surface area contributed by atoms with Crippen LogP contribution in [0.2, 0.25) is 0 Å². The number of benzene rings is 2. The van der Waals surface area contributed by atoms with E-state index in [0.29, 0.717) is 5.56 Å². The van der Waals surface area contributed by atoms with E-state index in [1.54, 1.807) is 0 Å². The highest BCUT2D eigenvalue weighted by atomic mass is 19.4. The number of carbonyl (C=O) groups excluding carboxylic acids is 1. The SMILES string of the molecule is O=C(Cc1ccc(F)cc1)Nn1c(C2CC2)nc2cc(OC(F)(F)F)ccc2c1=O. The molecule has 10 heteroatoms. The summed E-state index contributed by atoms with van der Waals surface area (Å²) in [6, 6.07) is 8.60. The minimum atomic E-state index is -4.86. The summed E-state index contributed by atoms with van der Waals surface area (Å²) in [5, 5.41) is 0.0380. The smallest absolute Gasteiger partial charge is 0.406 e. The lowest BCUT2D eigenvalue weighted by atomic mass is 10.1. The molecule has 1 fully saturated rings. The normalized spacial score (nSPS) is 14.0. The highest BCUT2D eigenvalue weighted by Crippen LogP contribution is 2.39. The third-order valence-electron chi connectivity index (χ3n) is 4.56. The lowest BCUT2D eigenvalue weighted by Gasteiger charge is -2.15. The molecule has 1 heterocycles. The van der Waals surface area contributed by atoms with Gasteiger partial charge in [0.1, 0.15) is 17.4 Å². The molecule has 4 rings (SSSR count). The van der Waals surface area contributed by atoms with Gasteiger partial charge < -0.3 is 4.74 Å². The van der Waals surface area contributed by atoms with E-state index >= 15 is 0 Å². The third-order valence-corrected chi connectivity index (χ3v) is 4.56. The second-order valence-electron chi connectivity index (χ2n) is 6.95. The van der Waals surface area contributed by atoms with E-state index in [9.17, 15) is 27.2 Å². The second kappa shape index (κ2) is 7.43. The first-order valence-corrected chi connectivity index (χ1v) is 9.06. The number of nitrogens with one attached hydrogen (secondary N) is 1. The van der Waals surface area contributed by atoms with Gasteiger partial charge in [-0.3, -0.25) is 15.0 Å². The number of alkyl halides is 3. The Morgan fingerprint density at radius 3 is 2.50 bits per heavy atom. The maximum atomic E-state index is 13.0. The molecule has 0 saturated heterocycles. The molecule has 156 valence electrons. The summed E-state index contributed by atoms with van der Waals surface area (Å²) >= 11 is 0. The molecular weight excluding hydrogens is 406 g/mol. The summed E-state index contributed by atoms with van der Waals surface area (Å²) in [4.78, 5) is 29.6. The fraction of sp³-hybridized carbons (Fsp3) is 0.250. The Hall–Kier alpha value is -3.43. The first kappa shape index (κ1) is 19.9. The van der Waals surface area contributed by atoms with Crippen molar-refractivity contribution in [3.05, 3.63) is 70.0 Å². The van der Waals surface area contributed by atoms with E-state index < -0.39 is 29.4 Å². The van der Waals surface area contributed by atoms with Crippen molar-refractivity contribution in [2.75, 3.05) is 5.43 Å². The maximum Gasteiger partial charge on any atom is 0.573 e. The Balaban J connectivity index is 1.66. The van der Waals surface area contributed by atoms with Crippen LogP contribution >= 0.6 is 0 Å². The zero-order valence-electron chi connectivity index (χ0n) is 15.4. The van der Waals surface area contributed by atoms with Crippen LogP contribution in [0.15, 0.2) is 47.3 Å². The van der Waals surface area contributed by atoms with Gasteiger partial charge in [-0.2, -0.15) is 0 Å². The molecule has 6 nitrogen and oxygen atoms in total. The molecule has 1 aliphatic rings. The number of rotatable bonds is 5. The number of ether oxygens (including phenoxy) is 1. The van der Waals surface area contributed by atoms with Crippen LogP contribution in [-0.2, 0) is 11.2 Å². The quantitative estimate of drug-likeness (QED) is 0.639. The van der Waals surface area contributed by atoms with E-state index in [1.165, 1.54) is 30.3 Å². The molecule has 2 aromatic carbocycles. The molecule has 0 aliphatic heterocycles. The summed E-state index contributed by atoms with van der Waals surface area (Å²) in [6.45, 7) is 0. The summed E-state index contributed by atoms with van der Waals surface area (Å²) < 4.78 is 55.4. The van der Waals surface area contributed by atoms with Crippen LogP contribution in [0.3, 0.4) is 0 Å². The van der Waals surface area contributed by atoms with Crippen molar-refractivity contribution in [3.63, 3.8) is 0 Å². The topological polar surface area (TPSA) is 73.2 Å². The summed E-state index contributed by atoms with van der Waals surface area (Å²) in [6.07, 6.45) is -3.47. The Labute approximate surface area is 167 Å². The number of fused-ring (bicyclic) bond motifs is 1. The standard InChI is InChI=1S/C20H15F4N3O3/c21-13-5-1-11(2-6-13)9-17(28)26-27-18(12-3-4-12)25-16-10-14(30-20(22,23)24)7-8-15(16)19(27)29/h1-2,5-8,10,12H,3-4,9H2,(H,26,28). The summed E-state index contributed by atoms with van der Waals surface area (Å²) in [5.41, 5.74) is 2.50. The average molecular weight is 421 g/mol. The van der Waals surface area contributed by atoms with Gasteiger partial charge in [0.05, 0.1) is 17.3 Å². The van der Waals surface area contributed by atoms with Crippen LogP contribution in [0.25, 0.3) is 10.9 Å². The second-order valence-corrected chi connectivity index (χ2v) is 6.95. The molecule has 30 heavy (non-hydrogen) atoms. The molecule has 0 unspecified atom stereocenters. The molecule has 1 saturated carbocycles. The molecule has 1 N–H and O–H groups in total. The number of hydrogen-bond acceptors (Lipinski definition) is 4. The fourth-order valence-electron chi connectivity index (χ4n) is 3.06. The van der Waals surface area contributed by atoms with E-state index in [0.717, 1.165) is 29.7 Å². The van der Waals surface area contributed by atoms with Gasteiger partial charge in [-0.25, -0.2) is 14.1 Å². The van der Waals surface area contributed by atoms with E-state index in [2.05, 4.69) is 15.1 Å². The van der Waals surface area contributed by atoms with Crippen LogP contribution in [0, 0.1) is 5.82 Å². The largest absolute Gasteiger partial charge is 0.573 e. The summed E-state index contributed by atoms with van der Waals surface area (Å²) in [7, 11) is 0. The van der Waals surface area contributed by atoms with Gasteiger partial charge in [0.2, 0.25) is 5.91 Å².